The zero-order valence-corrected chi connectivity index (χ0v) is 12.5. The van der Waals surface area contributed by atoms with Gasteiger partial charge in [-0.15, -0.1) is 0 Å². The molecule has 3 atom stereocenters. The van der Waals surface area contributed by atoms with Crippen molar-refractivity contribution in [3.63, 3.8) is 0 Å². The summed E-state index contributed by atoms with van der Waals surface area (Å²) >= 11 is 0. The van der Waals surface area contributed by atoms with E-state index in [0.29, 0.717) is 12.0 Å². The molecule has 0 aromatic heterocycles. The highest BCUT2D eigenvalue weighted by Crippen LogP contribution is 2.33. The fourth-order valence-corrected chi connectivity index (χ4v) is 3.23. The maximum atomic E-state index is 6.27. The van der Waals surface area contributed by atoms with Crippen molar-refractivity contribution in [2.75, 3.05) is 6.54 Å². The Kier molecular flexibility index (Phi) is 4.87. The summed E-state index contributed by atoms with van der Waals surface area (Å²) in [6.45, 7) is 7.26. The molecule has 1 aromatic rings. The van der Waals surface area contributed by atoms with Gasteiger partial charge in [-0.05, 0) is 68.8 Å². The van der Waals surface area contributed by atoms with Gasteiger partial charge < -0.3 is 10.5 Å². The summed E-state index contributed by atoms with van der Waals surface area (Å²) in [5, 5.41) is 0. The van der Waals surface area contributed by atoms with Crippen LogP contribution in [0.5, 0.6) is 5.75 Å². The van der Waals surface area contributed by atoms with Gasteiger partial charge in [0.25, 0.3) is 0 Å². The van der Waals surface area contributed by atoms with Gasteiger partial charge in [0.2, 0.25) is 0 Å². The monoisotopic (exact) mass is 261 g/mol. The number of hydrogen-bond donors (Lipinski definition) is 1. The van der Waals surface area contributed by atoms with Crippen LogP contribution in [0.15, 0.2) is 18.2 Å². The number of benzene rings is 1. The highest BCUT2D eigenvalue weighted by molar-refractivity contribution is 5.33. The molecule has 106 valence electrons. The Hall–Kier alpha value is -1.02. The van der Waals surface area contributed by atoms with Crippen molar-refractivity contribution in [3.8, 4) is 5.75 Å². The fourth-order valence-electron chi connectivity index (χ4n) is 3.23. The minimum atomic E-state index is 0.296. The first kappa shape index (κ1) is 14.4. The summed E-state index contributed by atoms with van der Waals surface area (Å²) in [4.78, 5) is 0. The first-order valence-electron chi connectivity index (χ1n) is 7.57. The smallest absolute Gasteiger partial charge is 0.120 e. The van der Waals surface area contributed by atoms with Crippen LogP contribution in [-0.4, -0.2) is 12.6 Å². The van der Waals surface area contributed by atoms with Gasteiger partial charge >= 0.3 is 0 Å². The summed E-state index contributed by atoms with van der Waals surface area (Å²) < 4.78 is 6.27. The number of hydrogen-bond acceptors (Lipinski definition) is 2. The van der Waals surface area contributed by atoms with Crippen molar-refractivity contribution in [3.05, 3.63) is 29.3 Å². The fraction of sp³-hybridized carbons (Fsp3) is 0.647. The number of nitrogens with two attached hydrogens (primary N) is 1. The molecule has 2 N–H and O–H groups in total. The normalized spacial score (nSPS) is 27.3. The lowest BCUT2D eigenvalue weighted by Gasteiger charge is -2.35. The van der Waals surface area contributed by atoms with Gasteiger partial charge in [0.05, 0.1) is 0 Å². The molecule has 2 heteroatoms. The van der Waals surface area contributed by atoms with E-state index in [-0.39, 0.29) is 0 Å². The number of aryl methyl sites for hydroxylation is 2. The van der Waals surface area contributed by atoms with Crippen molar-refractivity contribution in [1.82, 2.24) is 0 Å². The van der Waals surface area contributed by atoms with Gasteiger partial charge in [-0.1, -0.05) is 19.4 Å². The molecule has 2 nitrogen and oxygen atoms in total. The van der Waals surface area contributed by atoms with Crippen molar-refractivity contribution in [1.29, 1.82) is 0 Å². The molecule has 1 aromatic carbocycles. The zero-order valence-electron chi connectivity index (χ0n) is 12.5. The van der Waals surface area contributed by atoms with E-state index in [1.165, 1.54) is 30.4 Å². The minimum Gasteiger partial charge on any atom is -0.490 e. The SMILES string of the molecule is CCC1CCC(CN)C(Oc2cc(C)cc(C)c2)C1. The van der Waals surface area contributed by atoms with Crippen LogP contribution in [0.4, 0.5) is 0 Å². The quantitative estimate of drug-likeness (QED) is 0.894. The maximum absolute atomic E-state index is 6.27. The van der Waals surface area contributed by atoms with E-state index < -0.39 is 0 Å². The summed E-state index contributed by atoms with van der Waals surface area (Å²) in [5.74, 6) is 2.33. The van der Waals surface area contributed by atoms with Crippen LogP contribution in [0.2, 0.25) is 0 Å². The van der Waals surface area contributed by atoms with Gasteiger partial charge in [-0.25, -0.2) is 0 Å². The van der Waals surface area contributed by atoms with Crippen LogP contribution in [-0.2, 0) is 0 Å². The predicted octanol–water partition coefficient (Wildman–Crippen LogP) is 3.84. The van der Waals surface area contributed by atoms with E-state index in [4.69, 9.17) is 10.5 Å². The molecule has 3 unspecified atom stereocenters. The van der Waals surface area contributed by atoms with Gasteiger partial charge in [0, 0.05) is 5.92 Å². The minimum absolute atomic E-state index is 0.296. The molecule has 0 saturated heterocycles. The van der Waals surface area contributed by atoms with Gasteiger partial charge in [0.15, 0.2) is 0 Å². The van der Waals surface area contributed by atoms with Gasteiger partial charge in [-0.2, -0.15) is 0 Å². The molecule has 1 aliphatic rings. The van der Waals surface area contributed by atoms with E-state index in [1.807, 2.05) is 0 Å². The molecular formula is C17H27NO. The predicted molar refractivity (Wildman–Crippen MR) is 80.5 cm³/mol. The molecule has 0 aliphatic heterocycles. The molecule has 0 heterocycles. The first-order chi connectivity index (χ1) is 9.12. The maximum Gasteiger partial charge on any atom is 0.120 e. The molecule has 1 aliphatic carbocycles. The second-order valence-electron chi connectivity index (χ2n) is 6.06. The highest BCUT2D eigenvalue weighted by atomic mass is 16.5. The van der Waals surface area contributed by atoms with Crippen molar-refractivity contribution >= 4 is 0 Å². The number of ether oxygens (including phenoxy) is 1. The van der Waals surface area contributed by atoms with E-state index >= 15 is 0 Å². The Morgan fingerprint density at radius 2 is 1.84 bits per heavy atom. The largest absolute Gasteiger partial charge is 0.490 e. The molecular weight excluding hydrogens is 234 g/mol. The summed E-state index contributed by atoms with van der Waals surface area (Å²) in [6, 6.07) is 6.45. The molecule has 0 bridgehead atoms. The zero-order chi connectivity index (χ0) is 13.8. The highest BCUT2D eigenvalue weighted by Gasteiger charge is 2.30. The molecule has 1 saturated carbocycles. The Morgan fingerprint density at radius 3 is 2.42 bits per heavy atom. The summed E-state index contributed by atoms with van der Waals surface area (Å²) in [5.41, 5.74) is 8.45. The van der Waals surface area contributed by atoms with Crippen LogP contribution in [0.1, 0.15) is 43.7 Å². The van der Waals surface area contributed by atoms with Crippen molar-refractivity contribution in [2.24, 2.45) is 17.6 Å². The van der Waals surface area contributed by atoms with Crippen LogP contribution in [0, 0.1) is 25.7 Å². The molecule has 19 heavy (non-hydrogen) atoms. The Morgan fingerprint density at radius 1 is 1.16 bits per heavy atom. The molecule has 0 radical (unpaired) electrons. The number of rotatable bonds is 4. The average Bonchev–Trinajstić information content (AvgIpc) is 2.37. The topological polar surface area (TPSA) is 35.2 Å². The second-order valence-corrected chi connectivity index (χ2v) is 6.06. The Bertz CT molecular complexity index is 395. The van der Waals surface area contributed by atoms with E-state index in [0.717, 1.165) is 24.6 Å². The lowest BCUT2D eigenvalue weighted by molar-refractivity contribution is 0.0683. The third-order valence-electron chi connectivity index (χ3n) is 4.40. The molecule has 1 fully saturated rings. The molecule has 2 rings (SSSR count). The van der Waals surface area contributed by atoms with Crippen LogP contribution < -0.4 is 10.5 Å². The van der Waals surface area contributed by atoms with E-state index in [1.54, 1.807) is 0 Å². The Balaban J connectivity index is 2.09. The third kappa shape index (κ3) is 3.73. The second kappa shape index (κ2) is 6.42. The lowest BCUT2D eigenvalue weighted by atomic mass is 9.78. The van der Waals surface area contributed by atoms with Gasteiger partial charge in [0.1, 0.15) is 11.9 Å². The van der Waals surface area contributed by atoms with Crippen LogP contribution in [0.3, 0.4) is 0 Å². The van der Waals surface area contributed by atoms with Crippen LogP contribution in [0.25, 0.3) is 0 Å². The van der Waals surface area contributed by atoms with Crippen molar-refractivity contribution in [2.45, 2.75) is 52.6 Å². The van der Waals surface area contributed by atoms with Crippen LogP contribution >= 0.6 is 0 Å². The van der Waals surface area contributed by atoms with Gasteiger partial charge in [-0.3, -0.25) is 0 Å². The summed E-state index contributed by atoms with van der Waals surface area (Å²) in [7, 11) is 0. The lowest BCUT2D eigenvalue weighted by Crippen LogP contribution is -2.38. The van der Waals surface area contributed by atoms with E-state index in [9.17, 15) is 0 Å². The standard InChI is InChI=1S/C17H27NO/c1-4-14-5-6-15(11-18)17(10-14)19-16-8-12(2)7-13(3)9-16/h7-9,14-15,17H,4-6,10-11,18H2,1-3H3. The molecule has 0 amide bonds. The average molecular weight is 261 g/mol. The first-order valence-corrected chi connectivity index (χ1v) is 7.57. The van der Waals surface area contributed by atoms with E-state index in [2.05, 4.69) is 39.0 Å². The molecule has 0 spiro atoms. The summed E-state index contributed by atoms with van der Waals surface area (Å²) in [6.07, 6.45) is 5.23. The van der Waals surface area contributed by atoms with Crippen molar-refractivity contribution < 1.29 is 4.74 Å². The Labute approximate surface area is 117 Å². The third-order valence-corrected chi connectivity index (χ3v) is 4.40.